The van der Waals surface area contributed by atoms with Gasteiger partial charge in [-0.05, 0) is 49.2 Å². The highest BCUT2D eigenvalue weighted by Crippen LogP contribution is 2.30. The summed E-state index contributed by atoms with van der Waals surface area (Å²) < 4.78 is 15.4. The number of halogens is 1. The molecule has 1 amide bonds. The van der Waals surface area contributed by atoms with Crippen molar-refractivity contribution < 1.29 is 19.1 Å². The van der Waals surface area contributed by atoms with E-state index in [0.29, 0.717) is 16.5 Å². The Bertz CT molecular complexity index is 1250. The highest BCUT2D eigenvalue weighted by Gasteiger charge is 2.29. The fourth-order valence-corrected chi connectivity index (χ4v) is 4.54. The molecule has 0 spiro atoms. The van der Waals surface area contributed by atoms with Gasteiger partial charge in [0.05, 0.1) is 0 Å². The van der Waals surface area contributed by atoms with Crippen molar-refractivity contribution in [3.8, 4) is 6.07 Å². The lowest BCUT2D eigenvalue weighted by Gasteiger charge is -2.34. The van der Waals surface area contributed by atoms with E-state index in [4.69, 9.17) is 0 Å². The van der Waals surface area contributed by atoms with E-state index in [1.807, 2.05) is 36.4 Å². The number of rotatable bonds is 6. The highest BCUT2D eigenvalue weighted by molar-refractivity contribution is 6.12. The van der Waals surface area contributed by atoms with Gasteiger partial charge in [-0.25, -0.2) is 4.39 Å². The van der Waals surface area contributed by atoms with Gasteiger partial charge in [-0.15, -0.1) is 0 Å². The Hall–Kier alpha value is -3.92. The largest absolute Gasteiger partial charge is 0.480 e. The van der Waals surface area contributed by atoms with Gasteiger partial charge in [-0.3, -0.25) is 9.59 Å². The van der Waals surface area contributed by atoms with Crippen molar-refractivity contribution in [2.24, 2.45) is 0 Å². The zero-order valence-electron chi connectivity index (χ0n) is 18.1. The molecule has 3 aromatic rings. The molecule has 1 heterocycles. The Morgan fingerprint density at radius 2 is 1.88 bits per heavy atom. The second-order valence-electron chi connectivity index (χ2n) is 8.24. The van der Waals surface area contributed by atoms with Crippen LogP contribution in [0, 0.1) is 17.1 Å². The smallest absolute Gasteiger partial charge is 0.323 e. The number of para-hydroxylation sites is 1. The van der Waals surface area contributed by atoms with E-state index in [-0.39, 0.29) is 18.2 Å². The van der Waals surface area contributed by atoms with Crippen LogP contribution in [-0.4, -0.2) is 27.6 Å². The van der Waals surface area contributed by atoms with Gasteiger partial charge in [0.2, 0.25) is 0 Å². The number of nitriles is 1. The van der Waals surface area contributed by atoms with Gasteiger partial charge in [0.15, 0.2) is 0 Å². The average molecular weight is 445 g/mol. The summed E-state index contributed by atoms with van der Waals surface area (Å²) in [5.41, 5.74) is 1.59. The number of nitrogens with zero attached hydrogens (tertiary/aromatic N) is 3. The van der Waals surface area contributed by atoms with Crippen molar-refractivity contribution in [1.29, 1.82) is 5.26 Å². The van der Waals surface area contributed by atoms with Crippen LogP contribution in [0.4, 0.5) is 10.1 Å². The first kappa shape index (κ1) is 22.3. The summed E-state index contributed by atoms with van der Waals surface area (Å²) in [6.07, 6.45) is 7.87. The third kappa shape index (κ3) is 4.80. The van der Waals surface area contributed by atoms with E-state index in [1.54, 1.807) is 4.90 Å². The van der Waals surface area contributed by atoms with Crippen LogP contribution in [0.1, 0.15) is 37.7 Å². The summed E-state index contributed by atoms with van der Waals surface area (Å²) >= 11 is 0. The van der Waals surface area contributed by atoms with Gasteiger partial charge in [-0.2, -0.15) is 5.26 Å². The van der Waals surface area contributed by atoms with Gasteiger partial charge >= 0.3 is 5.97 Å². The minimum Gasteiger partial charge on any atom is -0.480 e. The van der Waals surface area contributed by atoms with Gasteiger partial charge in [0, 0.05) is 34.4 Å². The second-order valence-corrected chi connectivity index (χ2v) is 8.24. The topological polar surface area (TPSA) is 86.3 Å². The van der Waals surface area contributed by atoms with Gasteiger partial charge in [0.25, 0.3) is 5.91 Å². The van der Waals surface area contributed by atoms with E-state index in [9.17, 15) is 24.3 Å². The van der Waals surface area contributed by atoms with Crippen LogP contribution in [0.2, 0.25) is 0 Å². The fourth-order valence-electron chi connectivity index (χ4n) is 4.54. The number of hydrogen-bond acceptors (Lipinski definition) is 3. The molecule has 1 saturated carbocycles. The third-order valence-electron chi connectivity index (χ3n) is 6.02. The lowest BCUT2D eigenvalue weighted by Crippen LogP contribution is -2.42. The Morgan fingerprint density at radius 1 is 1.15 bits per heavy atom. The molecule has 168 valence electrons. The first-order valence-electron chi connectivity index (χ1n) is 11.0. The number of carboxylic acid groups (broad SMARTS) is 1. The zero-order valence-corrected chi connectivity index (χ0v) is 18.1. The molecule has 1 N–H and O–H groups in total. The molecule has 7 heteroatoms. The molecule has 1 aliphatic carbocycles. The van der Waals surface area contributed by atoms with E-state index in [0.717, 1.165) is 37.8 Å². The van der Waals surface area contributed by atoms with E-state index >= 15 is 0 Å². The summed E-state index contributed by atoms with van der Waals surface area (Å²) in [6, 6.07) is 15.4. The van der Waals surface area contributed by atoms with Gasteiger partial charge in [0.1, 0.15) is 24.0 Å². The summed E-state index contributed by atoms with van der Waals surface area (Å²) in [4.78, 5) is 26.6. The molecule has 0 unspecified atom stereocenters. The van der Waals surface area contributed by atoms with Crippen molar-refractivity contribution in [3.05, 3.63) is 71.7 Å². The van der Waals surface area contributed by atoms with E-state index < -0.39 is 17.7 Å². The fraction of sp³-hybridized carbons (Fsp3) is 0.269. The number of hydrogen-bond donors (Lipinski definition) is 1. The SMILES string of the molecule is N#CC(=Cc1cn(CC(=O)O)c2ccc(F)cc12)C(=O)N(c1ccccc1)C1CCCCC1. The van der Waals surface area contributed by atoms with Crippen molar-refractivity contribution in [2.45, 2.75) is 44.7 Å². The van der Waals surface area contributed by atoms with Crippen molar-refractivity contribution in [1.82, 2.24) is 4.57 Å². The summed E-state index contributed by atoms with van der Waals surface area (Å²) in [7, 11) is 0. The number of fused-ring (bicyclic) bond motifs is 1. The van der Waals surface area contributed by atoms with E-state index in [1.165, 1.54) is 35.0 Å². The molecule has 0 aliphatic heterocycles. The number of carboxylic acids is 1. The Labute approximate surface area is 191 Å². The lowest BCUT2D eigenvalue weighted by atomic mass is 9.93. The molecule has 1 fully saturated rings. The molecule has 1 aromatic heterocycles. The summed E-state index contributed by atoms with van der Waals surface area (Å²) in [5.74, 6) is -1.94. The Kier molecular flexibility index (Phi) is 6.55. The zero-order chi connectivity index (χ0) is 23.4. The first-order valence-corrected chi connectivity index (χ1v) is 11.0. The molecule has 2 aromatic carbocycles. The lowest BCUT2D eigenvalue weighted by molar-refractivity contribution is -0.137. The molecular formula is C26H24FN3O3. The maximum Gasteiger partial charge on any atom is 0.323 e. The Balaban J connectivity index is 1.78. The normalized spacial score (nSPS) is 14.7. The van der Waals surface area contributed by atoms with Gasteiger partial charge < -0.3 is 14.6 Å². The molecule has 0 radical (unpaired) electrons. The number of amides is 1. The standard InChI is InChI=1S/C26H24FN3O3/c27-20-11-12-24-23(14-20)19(16-29(24)17-25(31)32)13-18(15-28)26(33)30(21-7-3-1-4-8-21)22-9-5-2-6-10-22/h1,3-4,7-8,11-14,16,22H,2,5-6,9-10,17H2,(H,31,32). The van der Waals surface area contributed by atoms with E-state index in [2.05, 4.69) is 0 Å². The van der Waals surface area contributed by atoms with Crippen molar-refractivity contribution in [3.63, 3.8) is 0 Å². The number of aliphatic carboxylic acids is 1. The van der Waals surface area contributed by atoms with Crippen LogP contribution < -0.4 is 4.90 Å². The number of carbonyl (C=O) groups is 2. The van der Waals surface area contributed by atoms with Crippen LogP contribution in [0.15, 0.2) is 60.3 Å². The Morgan fingerprint density at radius 3 is 2.55 bits per heavy atom. The third-order valence-corrected chi connectivity index (χ3v) is 6.02. The molecule has 0 bridgehead atoms. The van der Waals surface area contributed by atoms with Crippen molar-refractivity contribution >= 4 is 34.5 Å². The number of benzene rings is 2. The molecule has 33 heavy (non-hydrogen) atoms. The van der Waals surface area contributed by atoms with Crippen LogP contribution in [0.25, 0.3) is 17.0 Å². The highest BCUT2D eigenvalue weighted by atomic mass is 19.1. The van der Waals surface area contributed by atoms with Crippen LogP contribution in [0.3, 0.4) is 0 Å². The first-order chi connectivity index (χ1) is 16.0. The number of carbonyl (C=O) groups excluding carboxylic acids is 1. The minimum atomic E-state index is -1.05. The summed E-state index contributed by atoms with van der Waals surface area (Å²) in [6.45, 7) is -0.315. The van der Waals surface area contributed by atoms with Crippen LogP contribution in [-0.2, 0) is 16.1 Å². The molecule has 0 atom stereocenters. The molecule has 6 nitrogen and oxygen atoms in total. The predicted octanol–water partition coefficient (Wildman–Crippen LogP) is 5.14. The number of anilines is 1. The quantitative estimate of drug-likeness (QED) is 0.421. The predicted molar refractivity (Wildman–Crippen MR) is 124 cm³/mol. The van der Waals surface area contributed by atoms with Gasteiger partial charge in [-0.1, -0.05) is 37.5 Å². The number of aromatic nitrogens is 1. The maximum atomic E-state index is 14.0. The minimum absolute atomic E-state index is 0.00352. The van der Waals surface area contributed by atoms with Crippen molar-refractivity contribution in [2.75, 3.05) is 4.90 Å². The van der Waals surface area contributed by atoms with Crippen LogP contribution in [0.5, 0.6) is 0 Å². The molecule has 0 saturated heterocycles. The monoisotopic (exact) mass is 445 g/mol. The second kappa shape index (κ2) is 9.70. The maximum absolute atomic E-state index is 14.0. The molecular weight excluding hydrogens is 421 g/mol. The molecule has 1 aliphatic rings. The summed E-state index contributed by atoms with van der Waals surface area (Å²) in [5, 5.41) is 19.6. The average Bonchev–Trinajstić information content (AvgIpc) is 3.14. The van der Waals surface area contributed by atoms with Crippen LogP contribution >= 0.6 is 0 Å². The molecule has 4 rings (SSSR count).